The van der Waals surface area contributed by atoms with Crippen LogP contribution in [0.5, 0.6) is 0 Å². The number of hydrogen-bond donors (Lipinski definition) is 1. The number of rotatable bonds is 5. The highest BCUT2D eigenvalue weighted by atomic mass is 35.5. The van der Waals surface area contributed by atoms with Gasteiger partial charge in [0.25, 0.3) is 0 Å². The van der Waals surface area contributed by atoms with Crippen LogP contribution in [-0.2, 0) is 19.5 Å². The molecule has 1 N–H and O–H groups in total. The van der Waals surface area contributed by atoms with Crippen LogP contribution >= 0.6 is 11.6 Å². The summed E-state index contributed by atoms with van der Waals surface area (Å²) in [6, 6.07) is 15.2. The molecule has 0 aliphatic carbocycles. The molecule has 0 saturated heterocycles. The highest BCUT2D eigenvalue weighted by Gasteiger charge is 2.36. The third-order valence-corrected chi connectivity index (χ3v) is 5.37. The van der Waals surface area contributed by atoms with Crippen LogP contribution in [0, 0.1) is 0 Å². The second-order valence-corrected chi connectivity index (χ2v) is 7.94. The average Bonchev–Trinajstić information content (AvgIpc) is 2.54. The van der Waals surface area contributed by atoms with Crippen LogP contribution in [0.25, 0.3) is 0 Å². The molecule has 0 heterocycles. The molecule has 1 unspecified atom stereocenters. The van der Waals surface area contributed by atoms with E-state index in [0.717, 1.165) is 6.26 Å². The predicted octanol–water partition coefficient (Wildman–Crippen LogP) is 3.57. The zero-order valence-electron chi connectivity index (χ0n) is 12.9. The van der Waals surface area contributed by atoms with E-state index in [9.17, 15) is 13.2 Å². The summed E-state index contributed by atoms with van der Waals surface area (Å²) in [5.74, 6) is -0.390. The second-order valence-electron chi connectivity index (χ2n) is 5.27. The van der Waals surface area contributed by atoms with E-state index in [4.69, 9.17) is 11.6 Å². The van der Waals surface area contributed by atoms with E-state index in [1.807, 2.05) is 25.1 Å². The van der Waals surface area contributed by atoms with Gasteiger partial charge in [-0.05, 0) is 30.2 Å². The van der Waals surface area contributed by atoms with E-state index >= 15 is 0 Å². The van der Waals surface area contributed by atoms with Crippen LogP contribution in [-0.4, -0.2) is 20.6 Å². The number of alkyl halides is 1. The molecule has 0 fully saturated rings. The zero-order valence-corrected chi connectivity index (χ0v) is 14.5. The van der Waals surface area contributed by atoms with Crippen LogP contribution in [0.3, 0.4) is 0 Å². The molecule has 6 heteroatoms. The highest BCUT2D eigenvalue weighted by Crippen LogP contribution is 2.34. The summed E-state index contributed by atoms with van der Waals surface area (Å²) in [5, 5.41) is 2.71. The molecule has 1 amide bonds. The molecule has 0 aromatic heterocycles. The first-order valence-electron chi connectivity index (χ1n) is 7.13. The molecule has 23 heavy (non-hydrogen) atoms. The lowest BCUT2D eigenvalue weighted by Crippen LogP contribution is -2.34. The average molecular weight is 352 g/mol. The molecule has 122 valence electrons. The Balaban J connectivity index is 2.31. The van der Waals surface area contributed by atoms with Crippen LogP contribution in [0.2, 0.25) is 0 Å². The van der Waals surface area contributed by atoms with E-state index in [0.29, 0.717) is 17.7 Å². The van der Waals surface area contributed by atoms with Gasteiger partial charge < -0.3 is 5.32 Å². The molecule has 0 bridgehead atoms. The molecule has 2 aromatic carbocycles. The molecular weight excluding hydrogens is 334 g/mol. The van der Waals surface area contributed by atoms with Crippen LogP contribution in [0.1, 0.15) is 18.9 Å². The first-order valence-corrected chi connectivity index (χ1v) is 9.40. The fraction of sp³-hybridized carbons (Fsp3) is 0.235. The number of benzene rings is 2. The van der Waals surface area contributed by atoms with Gasteiger partial charge in [-0.1, -0.05) is 43.3 Å². The van der Waals surface area contributed by atoms with Gasteiger partial charge in [0.1, 0.15) is 4.87 Å². The van der Waals surface area contributed by atoms with Gasteiger partial charge >= 0.3 is 0 Å². The van der Waals surface area contributed by atoms with Crippen molar-refractivity contribution in [1.29, 1.82) is 0 Å². The van der Waals surface area contributed by atoms with Gasteiger partial charge in [-0.3, -0.25) is 4.79 Å². The summed E-state index contributed by atoms with van der Waals surface area (Å²) in [4.78, 5) is 11.6. The van der Waals surface area contributed by atoms with Gasteiger partial charge in [-0.2, -0.15) is 0 Å². The second kappa shape index (κ2) is 6.72. The SMILES string of the molecule is CCC(Cl)(C(=O)Nc1cccc(S(C)(=O)=O)c1)c1ccccc1. The predicted molar refractivity (Wildman–Crippen MR) is 92.4 cm³/mol. The van der Waals surface area contributed by atoms with E-state index in [2.05, 4.69) is 5.32 Å². The molecule has 0 saturated carbocycles. The van der Waals surface area contributed by atoms with Crippen molar-refractivity contribution in [1.82, 2.24) is 0 Å². The van der Waals surface area contributed by atoms with E-state index in [1.165, 1.54) is 12.1 Å². The zero-order chi connectivity index (χ0) is 17.1. The summed E-state index contributed by atoms with van der Waals surface area (Å²) >= 11 is 6.55. The lowest BCUT2D eigenvalue weighted by molar-refractivity contribution is -0.119. The Morgan fingerprint density at radius 3 is 2.35 bits per heavy atom. The summed E-state index contributed by atoms with van der Waals surface area (Å²) < 4.78 is 23.2. The molecule has 0 aliphatic rings. The smallest absolute Gasteiger partial charge is 0.250 e. The number of hydrogen-bond acceptors (Lipinski definition) is 3. The Morgan fingerprint density at radius 2 is 1.78 bits per heavy atom. The fourth-order valence-corrected chi connectivity index (χ4v) is 3.07. The molecule has 0 spiro atoms. The first-order chi connectivity index (χ1) is 10.8. The standard InChI is InChI=1S/C17H18ClNO3S/c1-3-17(18,13-8-5-4-6-9-13)16(20)19-14-10-7-11-15(12-14)23(2,21)22/h4-12H,3H2,1-2H3,(H,19,20). The highest BCUT2D eigenvalue weighted by molar-refractivity contribution is 7.90. The van der Waals surface area contributed by atoms with Gasteiger partial charge in [0.2, 0.25) is 5.91 Å². The number of carbonyl (C=O) groups is 1. The Bertz CT molecular complexity index is 806. The third kappa shape index (κ3) is 3.92. The minimum atomic E-state index is -3.34. The summed E-state index contributed by atoms with van der Waals surface area (Å²) in [5.41, 5.74) is 1.09. The van der Waals surface area contributed by atoms with Crippen LogP contribution in [0.4, 0.5) is 5.69 Å². The summed E-state index contributed by atoms with van der Waals surface area (Å²) in [7, 11) is -3.34. The Morgan fingerprint density at radius 1 is 1.13 bits per heavy atom. The van der Waals surface area contributed by atoms with Gasteiger partial charge in [0, 0.05) is 11.9 Å². The Hall–Kier alpha value is -1.85. The van der Waals surface area contributed by atoms with Crippen LogP contribution in [0.15, 0.2) is 59.5 Å². The molecule has 2 aromatic rings. The number of amides is 1. The Kier molecular flexibility index (Phi) is 5.12. The number of carbonyl (C=O) groups excluding carboxylic acids is 1. The van der Waals surface area contributed by atoms with Crippen LogP contribution < -0.4 is 5.32 Å². The monoisotopic (exact) mass is 351 g/mol. The molecule has 4 nitrogen and oxygen atoms in total. The topological polar surface area (TPSA) is 63.2 Å². The number of sulfone groups is 1. The van der Waals surface area contributed by atoms with Gasteiger partial charge in [0.15, 0.2) is 9.84 Å². The van der Waals surface area contributed by atoms with Gasteiger partial charge in [-0.15, -0.1) is 11.6 Å². The van der Waals surface area contributed by atoms with Gasteiger partial charge in [-0.25, -0.2) is 8.42 Å². The number of anilines is 1. The van der Waals surface area contributed by atoms with Crippen molar-refractivity contribution < 1.29 is 13.2 Å². The molecule has 0 radical (unpaired) electrons. The summed E-state index contributed by atoms with van der Waals surface area (Å²) in [6.45, 7) is 1.83. The van der Waals surface area contributed by atoms with Crippen molar-refractivity contribution in [2.75, 3.05) is 11.6 Å². The minimum Gasteiger partial charge on any atom is -0.324 e. The van der Waals surface area contributed by atoms with Crippen molar-refractivity contribution in [3.8, 4) is 0 Å². The third-order valence-electron chi connectivity index (χ3n) is 3.60. The molecular formula is C17H18ClNO3S. The normalized spacial score (nSPS) is 14.0. The maximum Gasteiger partial charge on any atom is 0.250 e. The molecule has 2 rings (SSSR count). The van der Waals surface area contributed by atoms with Crippen molar-refractivity contribution in [2.45, 2.75) is 23.1 Å². The lowest BCUT2D eigenvalue weighted by Gasteiger charge is -2.25. The van der Waals surface area contributed by atoms with Crippen molar-refractivity contribution in [3.05, 3.63) is 60.2 Å². The van der Waals surface area contributed by atoms with Gasteiger partial charge in [0.05, 0.1) is 4.90 Å². The number of nitrogens with one attached hydrogen (secondary N) is 1. The lowest BCUT2D eigenvalue weighted by atomic mass is 9.94. The molecule has 0 aliphatic heterocycles. The van der Waals surface area contributed by atoms with Crippen molar-refractivity contribution >= 4 is 33.0 Å². The Labute approximate surface area is 141 Å². The van der Waals surface area contributed by atoms with Crippen molar-refractivity contribution in [3.63, 3.8) is 0 Å². The van der Waals surface area contributed by atoms with Crippen molar-refractivity contribution in [2.24, 2.45) is 0 Å². The first kappa shape index (κ1) is 17.5. The summed E-state index contributed by atoms with van der Waals surface area (Å²) in [6.07, 6.45) is 1.52. The molecule has 1 atom stereocenters. The van der Waals surface area contributed by atoms with E-state index < -0.39 is 20.6 Å². The quantitative estimate of drug-likeness (QED) is 0.837. The maximum atomic E-state index is 12.6. The number of halogens is 1. The largest absolute Gasteiger partial charge is 0.324 e. The minimum absolute atomic E-state index is 0.145. The fourth-order valence-electron chi connectivity index (χ4n) is 2.23. The maximum absolute atomic E-state index is 12.6. The van der Waals surface area contributed by atoms with E-state index in [-0.39, 0.29) is 4.90 Å². The van der Waals surface area contributed by atoms with E-state index in [1.54, 1.807) is 24.3 Å².